The number of carbonyl (C=O) groups excluding carboxylic acids is 1. The fraction of sp³-hybridized carbons (Fsp3) is 0.353. The highest BCUT2D eigenvalue weighted by atomic mass is 19.1. The van der Waals surface area contributed by atoms with Crippen molar-refractivity contribution in [1.82, 2.24) is 14.9 Å². The third-order valence-electron chi connectivity index (χ3n) is 4.76. The van der Waals surface area contributed by atoms with Gasteiger partial charge >= 0.3 is 6.03 Å². The molecule has 4 rings (SSSR count). The smallest absolute Gasteiger partial charge is 0.322 e. The number of benzene rings is 1. The molecule has 2 bridgehead atoms. The van der Waals surface area contributed by atoms with E-state index in [1.807, 2.05) is 4.90 Å². The molecule has 0 saturated carbocycles. The highest BCUT2D eigenvalue weighted by Gasteiger charge is 2.43. The van der Waals surface area contributed by atoms with E-state index in [-0.39, 0.29) is 23.9 Å². The lowest BCUT2D eigenvalue weighted by Gasteiger charge is -2.35. The van der Waals surface area contributed by atoms with Crippen LogP contribution in [0.2, 0.25) is 0 Å². The Morgan fingerprint density at radius 2 is 2.29 bits per heavy atom. The molecule has 3 heterocycles. The van der Waals surface area contributed by atoms with Crippen LogP contribution in [0, 0.1) is 5.82 Å². The van der Waals surface area contributed by atoms with Gasteiger partial charge < -0.3 is 15.0 Å². The zero-order chi connectivity index (χ0) is 16.7. The van der Waals surface area contributed by atoms with Crippen molar-refractivity contribution in [2.45, 2.75) is 31.3 Å². The molecule has 1 saturated heterocycles. The molecule has 1 fully saturated rings. The lowest BCUT2D eigenvalue weighted by molar-refractivity contribution is 0.178. The predicted molar refractivity (Wildman–Crippen MR) is 85.3 cm³/mol. The summed E-state index contributed by atoms with van der Waals surface area (Å²) >= 11 is 0. The van der Waals surface area contributed by atoms with E-state index < -0.39 is 5.82 Å². The number of methoxy groups -OCH3 is 1. The van der Waals surface area contributed by atoms with Gasteiger partial charge in [0.2, 0.25) is 0 Å². The predicted octanol–water partition coefficient (Wildman–Crippen LogP) is 2.92. The van der Waals surface area contributed by atoms with Crippen LogP contribution in [0.3, 0.4) is 0 Å². The average Bonchev–Trinajstić information content (AvgIpc) is 2.90. The number of urea groups is 1. The largest absolute Gasteiger partial charge is 0.494 e. The minimum atomic E-state index is -0.504. The van der Waals surface area contributed by atoms with E-state index >= 15 is 0 Å². The van der Waals surface area contributed by atoms with Gasteiger partial charge in [0.05, 0.1) is 18.8 Å². The summed E-state index contributed by atoms with van der Waals surface area (Å²) in [5, 5.41) is 2.79. The lowest BCUT2D eigenvalue weighted by Crippen LogP contribution is -2.44. The SMILES string of the molecule is COc1ccc(NC(=O)N2C3CCC2c2cncnc2C3)cc1F. The van der Waals surface area contributed by atoms with E-state index in [0.717, 1.165) is 30.5 Å². The molecule has 1 N–H and O–H groups in total. The minimum absolute atomic E-state index is 0.0111. The van der Waals surface area contributed by atoms with Gasteiger partial charge in [-0.3, -0.25) is 0 Å². The van der Waals surface area contributed by atoms with E-state index in [4.69, 9.17) is 4.74 Å². The van der Waals surface area contributed by atoms with Crippen molar-refractivity contribution >= 4 is 11.7 Å². The van der Waals surface area contributed by atoms with Crippen LogP contribution in [0.15, 0.2) is 30.7 Å². The Morgan fingerprint density at radius 1 is 1.42 bits per heavy atom. The first-order valence-corrected chi connectivity index (χ1v) is 7.89. The highest BCUT2D eigenvalue weighted by molar-refractivity contribution is 5.90. The van der Waals surface area contributed by atoms with Gasteiger partial charge in [0.25, 0.3) is 0 Å². The van der Waals surface area contributed by atoms with Gasteiger partial charge in [0.15, 0.2) is 11.6 Å². The number of halogens is 1. The Balaban J connectivity index is 1.56. The zero-order valence-corrected chi connectivity index (χ0v) is 13.2. The molecule has 0 spiro atoms. The molecule has 2 unspecified atom stereocenters. The van der Waals surface area contributed by atoms with Gasteiger partial charge in [-0.25, -0.2) is 19.2 Å². The summed E-state index contributed by atoms with van der Waals surface area (Å²) in [5.74, 6) is -0.354. The first-order valence-electron chi connectivity index (χ1n) is 7.89. The van der Waals surface area contributed by atoms with Crippen molar-refractivity contribution in [2.75, 3.05) is 12.4 Å². The van der Waals surface area contributed by atoms with Gasteiger partial charge in [-0.05, 0) is 25.0 Å². The molecule has 2 atom stereocenters. The molecule has 124 valence electrons. The van der Waals surface area contributed by atoms with Gasteiger partial charge in [-0.1, -0.05) is 0 Å². The Kier molecular flexibility index (Phi) is 3.55. The van der Waals surface area contributed by atoms with Crippen LogP contribution in [0.25, 0.3) is 0 Å². The zero-order valence-electron chi connectivity index (χ0n) is 13.2. The first kappa shape index (κ1) is 14.9. The van der Waals surface area contributed by atoms with Crippen molar-refractivity contribution in [3.8, 4) is 5.75 Å². The normalized spacial score (nSPS) is 21.3. The number of fused-ring (bicyclic) bond motifs is 4. The molecule has 0 aliphatic carbocycles. The summed E-state index contributed by atoms with van der Waals surface area (Å²) in [7, 11) is 1.40. The average molecular weight is 328 g/mol. The quantitative estimate of drug-likeness (QED) is 0.920. The van der Waals surface area contributed by atoms with E-state index in [9.17, 15) is 9.18 Å². The van der Waals surface area contributed by atoms with Crippen LogP contribution in [0.4, 0.5) is 14.9 Å². The lowest BCUT2D eigenvalue weighted by atomic mass is 10.00. The topological polar surface area (TPSA) is 67.3 Å². The van der Waals surface area contributed by atoms with Crippen LogP contribution in [-0.4, -0.2) is 34.1 Å². The van der Waals surface area contributed by atoms with Crippen LogP contribution in [0.1, 0.15) is 30.1 Å². The van der Waals surface area contributed by atoms with Gasteiger partial charge in [0.1, 0.15) is 6.33 Å². The van der Waals surface area contributed by atoms with Crippen molar-refractivity contribution in [2.24, 2.45) is 0 Å². The standard InChI is InChI=1S/C17H17FN4O2/c1-24-16-5-2-10(6-13(16)18)21-17(23)22-11-3-4-15(22)12-8-19-9-20-14(12)7-11/h2,5-6,8-9,11,15H,3-4,7H2,1H3,(H,21,23). The number of amides is 2. The number of nitrogens with zero attached hydrogens (tertiary/aromatic N) is 3. The van der Waals surface area contributed by atoms with Crippen LogP contribution >= 0.6 is 0 Å². The Bertz CT molecular complexity index is 798. The van der Waals surface area contributed by atoms with Gasteiger partial charge in [-0.15, -0.1) is 0 Å². The number of hydrogen-bond acceptors (Lipinski definition) is 4. The molecule has 2 aliphatic rings. The number of aromatic nitrogens is 2. The van der Waals surface area contributed by atoms with Crippen LogP contribution in [0.5, 0.6) is 5.75 Å². The second-order valence-corrected chi connectivity index (χ2v) is 6.06. The molecule has 1 aromatic heterocycles. The highest BCUT2D eigenvalue weighted by Crippen LogP contribution is 2.42. The summed E-state index contributed by atoms with van der Waals surface area (Å²) in [4.78, 5) is 23.0. The minimum Gasteiger partial charge on any atom is -0.494 e. The number of anilines is 1. The monoisotopic (exact) mass is 328 g/mol. The van der Waals surface area contributed by atoms with Crippen LogP contribution < -0.4 is 10.1 Å². The van der Waals surface area contributed by atoms with Gasteiger partial charge in [0, 0.05) is 36.0 Å². The fourth-order valence-electron chi connectivity index (χ4n) is 3.67. The number of ether oxygens (including phenoxy) is 1. The van der Waals surface area contributed by atoms with Crippen molar-refractivity contribution < 1.29 is 13.9 Å². The van der Waals surface area contributed by atoms with Crippen LogP contribution in [-0.2, 0) is 6.42 Å². The molecule has 2 aromatic rings. The molecular formula is C17H17FN4O2. The third-order valence-corrected chi connectivity index (χ3v) is 4.76. The van der Waals surface area contributed by atoms with E-state index in [1.54, 1.807) is 18.6 Å². The fourth-order valence-corrected chi connectivity index (χ4v) is 3.67. The summed E-state index contributed by atoms with van der Waals surface area (Å²) in [6.07, 6.45) is 5.91. The number of carbonyl (C=O) groups is 1. The van der Waals surface area contributed by atoms with Gasteiger partial charge in [-0.2, -0.15) is 0 Å². The molecule has 2 amide bonds. The summed E-state index contributed by atoms with van der Waals surface area (Å²) in [5.41, 5.74) is 2.45. The maximum absolute atomic E-state index is 13.8. The van der Waals surface area contributed by atoms with E-state index in [2.05, 4.69) is 15.3 Å². The molecule has 24 heavy (non-hydrogen) atoms. The van der Waals surface area contributed by atoms with Crippen molar-refractivity contribution in [3.05, 3.63) is 47.8 Å². The first-order chi connectivity index (χ1) is 11.7. The van der Waals surface area contributed by atoms with E-state index in [0.29, 0.717) is 5.69 Å². The summed E-state index contributed by atoms with van der Waals surface area (Å²) in [6.45, 7) is 0. The third kappa shape index (κ3) is 2.36. The maximum Gasteiger partial charge on any atom is 0.322 e. The van der Waals surface area contributed by atoms with E-state index in [1.165, 1.54) is 19.2 Å². The van der Waals surface area contributed by atoms with Crippen molar-refractivity contribution in [1.29, 1.82) is 0 Å². The molecule has 2 aliphatic heterocycles. The second kappa shape index (κ2) is 5.74. The second-order valence-electron chi connectivity index (χ2n) is 6.06. The summed E-state index contributed by atoms with van der Waals surface area (Å²) < 4.78 is 18.7. The summed E-state index contributed by atoms with van der Waals surface area (Å²) in [6, 6.07) is 4.28. The molecule has 6 nitrogen and oxygen atoms in total. The number of rotatable bonds is 2. The Morgan fingerprint density at radius 3 is 3.08 bits per heavy atom. The maximum atomic E-state index is 13.8. The molecule has 7 heteroatoms. The molecule has 0 radical (unpaired) electrons. The van der Waals surface area contributed by atoms with Crippen molar-refractivity contribution in [3.63, 3.8) is 0 Å². The Hall–Kier alpha value is -2.70. The number of nitrogens with one attached hydrogen (secondary N) is 1. The number of hydrogen-bond donors (Lipinski definition) is 1. The Labute approximate surface area is 138 Å². The molecule has 1 aromatic carbocycles. The molecular weight excluding hydrogens is 311 g/mol.